The minimum Gasteiger partial charge on any atom is -0.352 e. The number of hydrogen-bond acceptors (Lipinski definition) is 3. The zero-order valence-electron chi connectivity index (χ0n) is 9.30. The van der Waals surface area contributed by atoms with Crippen LogP contribution >= 0.6 is 0 Å². The van der Waals surface area contributed by atoms with Gasteiger partial charge in [0.2, 0.25) is 0 Å². The van der Waals surface area contributed by atoms with Gasteiger partial charge in [-0.1, -0.05) is 0 Å². The maximum Gasteiger partial charge on any atom is 0.312 e. The summed E-state index contributed by atoms with van der Waals surface area (Å²) in [4.78, 5) is 12.8. The number of nitrogens with two attached hydrogens (primary N) is 1. The van der Waals surface area contributed by atoms with E-state index in [1.807, 2.05) is 0 Å². The summed E-state index contributed by atoms with van der Waals surface area (Å²) < 4.78 is 0. The van der Waals surface area contributed by atoms with E-state index in [0.717, 1.165) is 13.1 Å². The summed E-state index contributed by atoms with van der Waals surface area (Å²) in [6, 6.07) is -0.450. The Kier molecular flexibility index (Phi) is 6.11. The Balaban J connectivity index is 1.78. The van der Waals surface area contributed by atoms with Crippen LogP contribution in [-0.2, 0) is 0 Å². The van der Waals surface area contributed by atoms with E-state index in [0.29, 0.717) is 6.54 Å². The number of likely N-dealkylation sites (tertiary alicyclic amines) is 1. The van der Waals surface area contributed by atoms with E-state index < -0.39 is 6.03 Å². The Morgan fingerprint density at radius 1 is 1.20 bits per heavy atom. The SMILES string of the molecule is NC(=O)NCCNCCCN1CCCC1. The van der Waals surface area contributed by atoms with Crippen LogP contribution in [0, 0.1) is 0 Å². The Labute approximate surface area is 91.4 Å². The number of carbonyl (C=O) groups excluding carboxylic acids is 1. The summed E-state index contributed by atoms with van der Waals surface area (Å²) in [6.45, 7) is 6.14. The monoisotopic (exact) mass is 214 g/mol. The maximum absolute atomic E-state index is 10.3. The molecule has 5 nitrogen and oxygen atoms in total. The van der Waals surface area contributed by atoms with Crippen LogP contribution in [0.25, 0.3) is 0 Å². The topological polar surface area (TPSA) is 70.4 Å². The average molecular weight is 214 g/mol. The highest BCUT2D eigenvalue weighted by Crippen LogP contribution is 2.06. The Morgan fingerprint density at radius 3 is 2.60 bits per heavy atom. The Bertz CT molecular complexity index is 180. The van der Waals surface area contributed by atoms with Crippen molar-refractivity contribution in [1.29, 1.82) is 0 Å². The molecule has 1 heterocycles. The summed E-state index contributed by atoms with van der Waals surface area (Å²) >= 11 is 0. The second kappa shape index (κ2) is 7.48. The lowest BCUT2D eigenvalue weighted by Crippen LogP contribution is -2.36. The predicted molar refractivity (Wildman–Crippen MR) is 60.7 cm³/mol. The number of primary amides is 1. The minimum atomic E-state index is -0.450. The molecule has 0 atom stereocenters. The fourth-order valence-corrected chi connectivity index (χ4v) is 1.83. The first-order valence-electron chi connectivity index (χ1n) is 5.75. The largest absolute Gasteiger partial charge is 0.352 e. The van der Waals surface area contributed by atoms with Crippen molar-refractivity contribution in [2.45, 2.75) is 19.3 Å². The molecule has 1 fully saturated rings. The van der Waals surface area contributed by atoms with Crippen molar-refractivity contribution in [3.63, 3.8) is 0 Å². The molecule has 4 N–H and O–H groups in total. The lowest BCUT2D eigenvalue weighted by Gasteiger charge is -2.14. The van der Waals surface area contributed by atoms with Crippen molar-refractivity contribution in [3.05, 3.63) is 0 Å². The van der Waals surface area contributed by atoms with Crippen LogP contribution < -0.4 is 16.4 Å². The van der Waals surface area contributed by atoms with Crippen LogP contribution in [0.1, 0.15) is 19.3 Å². The van der Waals surface area contributed by atoms with Gasteiger partial charge in [0.15, 0.2) is 0 Å². The van der Waals surface area contributed by atoms with Crippen LogP contribution in [0.15, 0.2) is 0 Å². The molecule has 0 radical (unpaired) electrons. The lowest BCUT2D eigenvalue weighted by molar-refractivity contribution is 0.249. The van der Waals surface area contributed by atoms with E-state index in [-0.39, 0.29) is 0 Å². The molecule has 0 saturated carbocycles. The fourth-order valence-electron chi connectivity index (χ4n) is 1.83. The molecule has 1 rings (SSSR count). The number of hydrogen-bond donors (Lipinski definition) is 3. The van der Waals surface area contributed by atoms with Gasteiger partial charge in [0.1, 0.15) is 0 Å². The highest BCUT2D eigenvalue weighted by Gasteiger charge is 2.09. The average Bonchev–Trinajstić information content (AvgIpc) is 2.68. The van der Waals surface area contributed by atoms with Crippen molar-refractivity contribution in [2.24, 2.45) is 5.73 Å². The highest BCUT2D eigenvalue weighted by molar-refractivity contribution is 5.71. The van der Waals surface area contributed by atoms with Crippen LogP contribution in [0.3, 0.4) is 0 Å². The van der Waals surface area contributed by atoms with Crippen molar-refractivity contribution in [3.8, 4) is 0 Å². The number of urea groups is 1. The Hall–Kier alpha value is -0.810. The second-order valence-corrected chi connectivity index (χ2v) is 3.94. The zero-order chi connectivity index (χ0) is 10.9. The van der Waals surface area contributed by atoms with E-state index in [1.54, 1.807) is 0 Å². The summed E-state index contributed by atoms with van der Waals surface area (Å²) in [7, 11) is 0. The van der Waals surface area contributed by atoms with Gasteiger partial charge in [-0.25, -0.2) is 4.79 Å². The fraction of sp³-hybridized carbons (Fsp3) is 0.900. The number of carbonyl (C=O) groups is 1. The first-order chi connectivity index (χ1) is 7.29. The molecule has 5 heteroatoms. The molecule has 0 unspecified atom stereocenters. The van der Waals surface area contributed by atoms with Gasteiger partial charge in [-0.15, -0.1) is 0 Å². The molecule has 1 saturated heterocycles. The summed E-state index contributed by atoms with van der Waals surface area (Å²) in [6.07, 6.45) is 3.89. The van der Waals surface area contributed by atoms with Crippen molar-refractivity contribution in [2.75, 3.05) is 39.3 Å². The normalized spacial score (nSPS) is 16.8. The van der Waals surface area contributed by atoms with Gasteiger partial charge < -0.3 is 21.3 Å². The standard InChI is InChI=1S/C10H22N4O/c11-10(15)13-6-5-12-4-3-9-14-7-1-2-8-14/h12H,1-9H2,(H3,11,13,15). The molecule has 0 spiro atoms. The van der Waals surface area contributed by atoms with E-state index in [4.69, 9.17) is 5.73 Å². The van der Waals surface area contributed by atoms with E-state index >= 15 is 0 Å². The third-order valence-electron chi connectivity index (χ3n) is 2.63. The number of amides is 2. The molecule has 1 aliphatic heterocycles. The first-order valence-corrected chi connectivity index (χ1v) is 5.75. The van der Waals surface area contributed by atoms with Gasteiger partial charge >= 0.3 is 6.03 Å². The van der Waals surface area contributed by atoms with Crippen molar-refractivity contribution in [1.82, 2.24) is 15.5 Å². The predicted octanol–water partition coefficient (Wildman–Crippen LogP) is -0.270. The molecule has 2 amide bonds. The van der Waals surface area contributed by atoms with Crippen LogP contribution in [0.2, 0.25) is 0 Å². The molecule has 0 aromatic heterocycles. The molecule has 0 aromatic rings. The van der Waals surface area contributed by atoms with Crippen molar-refractivity contribution < 1.29 is 4.79 Å². The van der Waals surface area contributed by atoms with Gasteiger partial charge in [0.25, 0.3) is 0 Å². The second-order valence-electron chi connectivity index (χ2n) is 3.94. The lowest BCUT2D eigenvalue weighted by atomic mass is 10.4. The van der Waals surface area contributed by atoms with E-state index in [1.165, 1.54) is 38.9 Å². The number of nitrogens with zero attached hydrogens (tertiary/aromatic N) is 1. The number of rotatable bonds is 7. The highest BCUT2D eigenvalue weighted by atomic mass is 16.2. The quantitative estimate of drug-likeness (QED) is 0.511. The molecule has 0 aromatic carbocycles. The Morgan fingerprint density at radius 2 is 1.93 bits per heavy atom. The van der Waals surface area contributed by atoms with E-state index in [2.05, 4.69) is 15.5 Å². The third-order valence-corrected chi connectivity index (χ3v) is 2.63. The first kappa shape index (κ1) is 12.3. The number of nitrogens with one attached hydrogen (secondary N) is 2. The van der Waals surface area contributed by atoms with Gasteiger partial charge in [0, 0.05) is 13.1 Å². The maximum atomic E-state index is 10.3. The minimum absolute atomic E-state index is 0.450. The van der Waals surface area contributed by atoms with Gasteiger partial charge in [-0.05, 0) is 45.4 Å². The third kappa shape index (κ3) is 6.30. The molecule has 15 heavy (non-hydrogen) atoms. The summed E-state index contributed by atoms with van der Waals surface area (Å²) in [5, 5.41) is 5.81. The van der Waals surface area contributed by atoms with Crippen molar-refractivity contribution >= 4 is 6.03 Å². The summed E-state index contributed by atoms with van der Waals surface area (Å²) in [5.41, 5.74) is 4.93. The van der Waals surface area contributed by atoms with Gasteiger partial charge in [-0.2, -0.15) is 0 Å². The van der Waals surface area contributed by atoms with Crippen LogP contribution in [0.4, 0.5) is 4.79 Å². The molecule has 88 valence electrons. The van der Waals surface area contributed by atoms with Crippen LogP contribution in [-0.4, -0.2) is 50.2 Å². The molecule has 0 bridgehead atoms. The summed E-state index contributed by atoms with van der Waals surface area (Å²) in [5.74, 6) is 0. The smallest absolute Gasteiger partial charge is 0.312 e. The zero-order valence-corrected chi connectivity index (χ0v) is 9.30. The molecule has 1 aliphatic rings. The molecule has 0 aliphatic carbocycles. The van der Waals surface area contributed by atoms with E-state index in [9.17, 15) is 4.79 Å². The van der Waals surface area contributed by atoms with Gasteiger partial charge in [-0.3, -0.25) is 0 Å². The van der Waals surface area contributed by atoms with Gasteiger partial charge in [0.05, 0.1) is 0 Å². The molecular formula is C10H22N4O. The molecular weight excluding hydrogens is 192 g/mol. The van der Waals surface area contributed by atoms with Crippen LogP contribution in [0.5, 0.6) is 0 Å².